The fourth-order valence-corrected chi connectivity index (χ4v) is 1.53. The van der Waals surface area contributed by atoms with E-state index >= 15 is 0 Å². The Balaban J connectivity index is 2.29. The minimum absolute atomic E-state index is 1.15. The molecule has 13 heavy (non-hydrogen) atoms. The van der Waals surface area contributed by atoms with Gasteiger partial charge in [0.1, 0.15) is 0 Å². The largest absolute Gasteiger partial charge is 0.264 e. The molecule has 1 aliphatic carbocycles. The Hall–Kier alpha value is -1.37. The van der Waals surface area contributed by atoms with Crippen molar-refractivity contribution in [3.8, 4) is 0 Å². The van der Waals surface area contributed by atoms with Crippen LogP contribution in [0.15, 0.2) is 42.3 Å². The molecule has 0 aliphatic heterocycles. The van der Waals surface area contributed by atoms with Crippen LogP contribution in [0.3, 0.4) is 0 Å². The molecule has 0 amide bonds. The van der Waals surface area contributed by atoms with Crippen LogP contribution in [-0.4, -0.2) is 4.98 Å². The average molecular weight is 171 g/mol. The summed E-state index contributed by atoms with van der Waals surface area (Å²) in [6, 6.07) is 4.11. The van der Waals surface area contributed by atoms with Gasteiger partial charge in [0.2, 0.25) is 0 Å². The van der Waals surface area contributed by atoms with Crippen LogP contribution >= 0.6 is 0 Å². The zero-order valence-electron chi connectivity index (χ0n) is 7.83. The predicted molar refractivity (Wildman–Crippen MR) is 55.2 cm³/mol. The highest BCUT2D eigenvalue weighted by atomic mass is 14.6. The molecule has 1 aromatic heterocycles. The van der Waals surface area contributed by atoms with Crippen LogP contribution in [0.4, 0.5) is 0 Å². The van der Waals surface area contributed by atoms with E-state index in [1.807, 2.05) is 18.5 Å². The summed E-state index contributed by atoms with van der Waals surface area (Å²) in [6.07, 6.45) is 10.5. The highest BCUT2D eigenvalue weighted by Crippen LogP contribution is 2.25. The van der Waals surface area contributed by atoms with Crippen LogP contribution in [0.5, 0.6) is 0 Å². The van der Waals surface area contributed by atoms with Gasteiger partial charge in [0.05, 0.1) is 0 Å². The van der Waals surface area contributed by atoms with Crippen molar-refractivity contribution in [2.45, 2.75) is 19.8 Å². The van der Waals surface area contributed by atoms with E-state index in [1.165, 1.54) is 23.1 Å². The van der Waals surface area contributed by atoms with Crippen LogP contribution < -0.4 is 0 Å². The maximum atomic E-state index is 4.12. The summed E-state index contributed by atoms with van der Waals surface area (Å²) in [5.74, 6) is 0. The molecule has 0 radical (unpaired) electrons. The maximum Gasteiger partial charge on any atom is 0.0343 e. The van der Waals surface area contributed by atoms with Gasteiger partial charge in [0, 0.05) is 12.4 Å². The Kier molecular flexibility index (Phi) is 2.26. The molecule has 0 atom stereocenters. The molecule has 0 unspecified atom stereocenters. The molecule has 0 N–H and O–H groups in total. The van der Waals surface area contributed by atoms with Crippen LogP contribution in [0.2, 0.25) is 0 Å². The van der Waals surface area contributed by atoms with Gasteiger partial charge >= 0.3 is 0 Å². The highest BCUT2D eigenvalue weighted by Gasteiger charge is 2.04. The summed E-state index contributed by atoms with van der Waals surface area (Å²) in [6.45, 7) is 2.18. The Morgan fingerprint density at radius 3 is 2.77 bits per heavy atom. The summed E-state index contributed by atoms with van der Waals surface area (Å²) in [5, 5.41) is 0. The van der Waals surface area contributed by atoms with Crippen molar-refractivity contribution in [1.29, 1.82) is 0 Å². The second-order valence-corrected chi connectivity index (χ2v) is 3.45. The van der Waals surface area contributed by atoms with Crippen molar-refractivity contribution >= 4 is 5.57 Å². The Bertz CT molecular complexity index is 347. The minimum atomic E-state index is 1.15. The first-order chi connectivity index (χ1) is 6.36. The van der Waals surface area contributed by atoms with E-state index in [4.69, 9.17) is 0 Å². The lowest BCUT2D eigenvalue weighted by Gasteiger charge is -2.11. The van der Waals surface area contributed by atoms with Crippen LogP contribution in [0.1, 0.15) is 25.3 Å². The van der Waals surface area contributed by atoms with E-state index in [9.17, 15) is 0 Å². The molecule has 66 valence electrons. The molecule has 0 fully saturated rings. The molecule has 1 aromatic rings. The number of aromatic nitrogens is 1. The van der Waals surface area contributed by atoms with Crippen molar-refractivity contribution < 1.29 is 0 Å². The SMILES string of the molecule is CC1=CC=C(c2cccnc2)CC1. The van der Waals surface area contributed by atoms with Crippen molar-refractivity contribution in [3.63, 3.8) is 0 Å². The molecule has 1 nitrogen and oxygen atoms in total. The van der Waals surface area contributed by atoms with Gasteiger partial charge < -0.3 is 0 Å². The molecular weight excluding hydrogens is 158 g/mol. The summed E-state index contributed by atoms with van der Waals surface area (Å²) >= 11 is 0. The van der Waals surface area contributed by atoms with Gasteiger partial charge in [0.15, 0.2) is 0 Å². The van der Waals surface area contributed by atoms with Crippen molar-refractivity contribution in [2.75, 3.05) is 0 Å². The molecule has 0 saturated heterocycles. The fourth-order valence-electron chi connectivity index (χ4n) is 1.53. The lowest BCUT2D eigenvalue weighted by Crippen LogP contribution is -1.91. The van der Waals surface area contributed by atoms with Gasteiger partial charge in [-0.15, -0.1) is 0 Å². The molecule has 0 bridgehead atoms. The fraction of sp³-hybridized carbons (Fsp3) is 0.250. The zero-order valence-corrected chi connectivity index (χ0v) is 7.83. The van der Waals surface area contributed by atoms with E-state index in [2.05, 4.69) is 30.1 Å². The summed E-state index contributed by atoms with van der Waals surface area (Å²) in [7, 11) is 0. The maximum absolute atomic E-state index is 4.12. The van der Waals surface area contributed by atoms with E-state index in [0.29, 0.717) is 0 Å². The molecule has 2 rings (SSSR count). The second-order valence-electron chi connectivity index (χ2n) is 3.45. The normalized spacial score (nSPS) is 16.4. The number of hydrogen-bond acceptors (Lipinski definition) is 1. The van der Waals surface area contributed by atoms with Crippen molar-refractivity contribution in [1.82, 2.24) is 4.98 Å². The Morgan fingerprint density at radius 2 is 2.15 bits per heavy atom. The van der Waals surface area contributed by atoms with E-state index < -0.39 is 0 Å². The molecule has 0 saturated carbocycles. The third-order valence-electron chi connectivity index (χ3n) is 2.39. The highest BCUT2D eigenvalue weighted by molar-refractivity contribution is 5.67. The summed E-state index contributed by atoms with van der Waals surface area (Å²) in [5.41, 5.74) is 4.12. The van der Waals surface area contributed by atoms with E-state index in [-0.39, 0.29) is 0 Å². The van der Waals surface area contributed by atoms with Gasteiger partial charge in [-0.1, -0.05) is 23.8 Å². The van der Waals surface area contributed by atoms with Crippen LogP contribution in [0.25, 0.3) is 5.57 Å². The average Bonchev–Trinajstić information content (AvgIpc) is 2.20. The van der Waals surface area contributed by atoms with Gasteiger partial charge in [-0.2, -0.15) is 0 Å². The Morgan fingerprint density at radius 1 is 1.23 bits per heavy atom. The van der Waals surface area contributed by atoms with Gasteiger partial charge in [0.25, 0.3) is 0 Å². The molecule has 0 aromatic carbocycles. The first-order valence-corrected chi connectivity index (χ1v) is 4.63. The third kappa shape index (κ3) is 1.86. The van der Waals surface area contributed by atoms with Crippen LogP contribution in [-0.2, 0) is 0 Å². The van der Waals surface area contributed by atoms with Crippen molar-refractivity contribution in [2.24, 2.45) is 0 Å². The molecular formula is C12H13N. The Labute approximate surface area is 78.8 Å². The lowest BCUT2D eigenvalue weighted by atomic mass is 9.95. The zero-order chi connectivity index (χ0) is 9.10. The molecule has 1 aliphatic rings. The van der Waals surface area contributed by atoms with E-state index in [1.54, 1.807) is 0 Å². The first-order valence-electron chi connectivity index (χ1n) is 4.63. The number of rotatable bonds is 1. The lowest BCUT2D eigenvalue weighted by molar-refractivity contribution is 0.975. The standard InChI is InChI=1S/C12H13N/c1-10-4-6-11(7-5-10)12-3-2-8-13-9-12/h2-4,6,8-9H,5,7H2,1H3. The number of hydrogen-bond donors (Lipinski definition) is 0. The molecule has 1 heteroatoms. The third-order valence-corrected chi connectivity index (χ3v) is 2.39. The smallest absolute Gasteiger partial charge is 0.0343 e. The number of pyridine rings is 1. The monoisotopic (exact) mass is 171 g/mol. The van der Waals surface area contributed by atoms with Gasteiger partial charge in [-0.25, -0.2) is 0 Å². The quantitative estimate of drug-likeness (QED) is 0.632. The van der Waals surface area contributed by atoms with Crippen molar-refractivity contribution in [3.05, 3.63) is 47.8 Å². The minimum Gasteiger partial charge on any atom is -0.264 e. The second kappa shape index (κ2) is 3.56. The topological polar surface area (TPSA) is 12.9 Å². The summed E-state index contributed by atoms with van der Waals surface area (Å²) < 4.78 is 0. The summed E-state index contributed by atoms with van der Waals surface area (Å²) in [4.78, 5) is 4.12. The number of nitrogens with zero attached hydrogens (tertiary/aromatic N) is 1. The molecule has 1 heterocycles. The predicted octanol–water partition coefficient (Wildman–Crippen LogP) is 3.21. The van der Waals surface area contributed by atoms with Gasteiger partial charge in [-0.3, -0.25) is 4.98 Å². The van der Waals surface area contributed by atoms with Crippen LogP contribution in [0, 0.1) is 0 Å². The van der Waals surface area contributed by atoms with Gasteiger partial charge in [-0.05, 0) is 37.0 Å². The first kappa shape index (κ1) is 8.24. The molecule has 0 spiro atoms. The number of allylic oxidation sites excluding steroid dienone is 4. The van der Waals surface area contributed by atoms with E-state index in [0.717, 1.165) is 6.42 Å².